The van der Waals surface area contributed by atoms with Crippen LogP contribution >= 0.6 is 11.6 Å². The smallest absolute Gasteiger partial charge is 0.264 e. The fraction of sp³-hybridized carbons (Fsp3) is 0.231. The Labute approximate surface area is 215 Å². The molecule has 0 aliphatic carbocycles. The molecule has 0 aromatic heterocycles. The molecule has 3 aromatic rings. The van der Waals surface area contributed by atoms with Gasteiger partial charge in [-0.25, -0.2) is 12.8 Å². The van der Waals surface area contributed by atoms with Gasteiger partial charge in [0.25, 0.3) is 10.0 Å². The second kappa shape index (κ2) is 12.0. The minimum atomic E-state index is -4.14. The molecule has 1 atom stereocenters. The Hall–Kier alpha value is -3.43. The number of amides is 2. The van der Waals surface area contributed by atoms with Crippen molar-refractivity contribution in [1.82, 2.24) is 10.2 Å². The maximum Gasteiger partial charge on any atom is 0.264 e. The molecule has 0 aliphatic heterocycles. The molecule has 0 heterocycles. The van der Waals surface area contributed by atoms with Crippen LogP contribution in [0.5, 0.6) is 0 Å². The maximum atomic E-state index is 13.7. The molecule has 2 amide bonds. The molecule has 36 heavy (non-hydrogen) atoms. The minimum absolute atomic E-state index is 0.00905. The number of hydrogen-bond acceptors (Lipinski definition) is 4. The van der Waals surface area contributed by atoms with E-state index in [4.69, 9.17) is 11.6 Å². The number of hydrogen-bond donors (Lipinski definition) is 1. The SMILES string of the molecule is CC[C@@H](C(=O)NC)N(Cc1ccc(F)cc1)C(=O)CN(c1ccc(Cl)cc1)S(=O)(=O)c1ccccc1. The maximum absolute atomic E-state index is 13.7. The number of nitrogens with zero attached hydrogens (tertiary/aromatic N) is 2. The van der Waals surface area contributed by atoms with Gasteiger partial charge in [-0.1, -0.05) is 48.9 Å². The second-order valence-electron chi connectivity index (χ2n) is 7.99. The molecule has 10 heteroatoms. The van der Waals surface area contributed by atoms with E-state index in [-0.39, 0.29) is 17.1 Å². The summed E-state index contributed by atoms with van der Waals surface area (Å²) in [5.74, 6) is -1.42. The van der Waals surface area contributed by atoms with E-state index in [1.165, 1.54) is 72.6 Å². The first-order chi connectivity index (χ1) is 17.2. The van der Waals surface area contributed by atoms with E-state index in [2.05, 4.69) is 5.32 Å². The number of halogens is 2. The highest BCUT2D eigenvalue weighted by molar-refractivity contribution is 7.92. The molecule has 1 N–H and O–H groups in total. The highest BCUT2D eigenvalue weighted by atomic mass is 35.5. The van der Waals surface area contributed by atoms with Gasteiger partial charge in [0, 0.05) is 18.6 Å². The monoisotopic (exact) mass is 531 g/mol. The van der Waals surface area contributed by atoms with Gasteiger partial charge in [-0.05, 0) is 60.5 Å². The molecule has 0 spiro atoms. The Bertz CT molecular complexity index is 1290. The molecule has 3 rings (SSSR count). The van der Waals surface area contributed by atoms with Crippen LogP contribution in [0.15, 0.2) is 83.8 Å². The molecule has 0 fully saturated rings. The number of carbonyl (C=O) groups is 2. The fourth-order valence-electron chi connectivity index (χ4n) is 3.73. The van der Waals surface area contributed by atoms with Crippen molar-refractivity contribution in [3.05, 3.63) is 95.3 Å². The van der Waals surface area contributed by atoms with Crippen molar-refractivity contribution in [3.63, 3.8) is 0 Å². The van der Waals surface area contributed by atoms with Gasteiger partial charge in [0.2, 0.25) is 11.8 Å². The molecular formula is C26H27ClFN3O4S. The van der Waals surface area contributed by atoms with Crippen molar-refractivity contribution in [2.75, 3.05) is 17.9 Å². The summed E-state index contributed by atoms with van der Waals surface area (Å²) in [5.41, 5.74) is 0.836. The fourth-order valence-corrected chi connectivity index (χ4v) is 5.29. The molecule has 0 radical (unpaired) electrons. The Morgan fingerprint density at radius 2 is 1.58 bits per heavy atom. The van der Waals surface area contributed by atoms with Gasteiger partial charge in [0.1, 0.15) is 18.4 Å². The molecule has 0 saturated heterocycles. The van der Waals surface area contributed by atoms with Crippen molar-refractivity contribution in [2.45, 2.75) is 30.8 Å². The highest BCUT2D eigenvalue weighted by Crippen LogP contribution is 2.26. The van der Waals surface area contributed by atoms with Crippen molar-refractivity contribution in [3.8, 4) is 0 Å². The Kier molecular flexibility index (Phi) is 9.06. The number of carbonyl (C=O) groups excluding carboxylic acids is 2. The van der Waals surface area contributed by atoms with E-state index < -0.39 is 40.2 Å². The summed E-state index contributed by atoms with van der Waals surface area (Å²) in [6, 6.07) is 18.5. The first-order valence-corrected chi connectivity index (χ1v) is 13.1. The first-order valence-electron chi connectivity index (χ1n) is 11.3. The largest absolute Gasteiger partial charge is 0.357 e. The van der Waals surface area contributed by atoms with Crippen molar-refractivity contribution in [2.24, 2.45) is 0 Å². The lowest BCUT2D eigenvalue weighted by molar-refractivity contribution is -0.140. The van der Waals surface area contributed by atoms with Crippen LogP contribution in [0.3, 0.4) is 0 Å². The van der Waals surface area contributed by atoms with Crippen LogP contribution in [0.1, 0.15) is 18.9 Å². The summed E-state index contributed by atoms with van der Waals surface area (Å²) < 4.78 is 41.6. The van der Waals surface area contributed by atoms with Crippen molar-refractivity contribution >= 4 is 39.1 Å². The quantitative estimate of drug-likeness (QED) is 0.424. The standard InChI is InChI=1S/C26H27ClFN3O4S/c1-3-24(26(33)29-2)30(17-19-9-13-21(28)14-10-19)25(32)18-31(22-15-11-20(27)12-16-22)36(34,35)23-7-5-4-6-8-23/h4-16,24H,3,17-18H2,1-2H3,(H,29,33)/t24-/m0/s1. The second-order valence-corrected chi connectivity index (χ2v) is 10.3. The third-order valence-corrected chi connectivity index (χ3v) is 7.66. The molecule has 0 saturated carbocycles. The lowest BCUT2D eigenvalue weighted by Crippen LogP contribution is -2.51. The zero-order chi connectivity index (χ0) is 26.3. The third-order valence-electron chi connectivity index (χ3n) is 5.62. The Morgan fingerprint density at radius 3 is 2.14 bits per heavy atom. The molecule has 0 bridgehead atoms. The van der Waals surface area contributed by atoms with Crippen LogP contribution in [-0.4, -0.2) is 44.8 Å². The van der Waals surface area contributed by atoms with Gasteiger partial charge in [-0.2, -0.15) is 0 Å². The number of rotatable bonds is 10. The summed E-state index contributed by atoms with van der Waals surface area (Å²) in [5, 5.41) is 2.96. The number of benzene rings is 3. The van der Waals surface area contributed by atoms with Crippen LogP contribution in [0, 0.1) is 5.82 Å². The van der Waals surface area contributed by atoms with E-state index in [0.29, 0.717) is 17.0 Å². The number of sulfonamides is 1. The summed E-state index contributed by atoms with van der Waals surface area (Å²) in [6.45, 7) is 1.18. The van der Waals surface area contributed by atoms with Gasteiger partial charge < -0.3 is 10.2 Å². The molecular weight excluding hydrogens is 505 g/mol. The van der Waals surface area contributed by atoms with E-state index in [1.54, 1.807) is 25.1 Å². The summed E-state index contributed by atoms with van der Waals surface area (Å²) >= 11 is 6.00. The van der Waals surface area contributed by atoms with Gasteiger partial charge in [0.05, 0.1) is 10.6 Å². The van der Waals surface area contributed by atoms with E-state index in [1.807, 2.05) is 0 Å². The first kappa shape index (κ1) is 27.2. The molecule has 7 nitrogen and oxygen atoms in total. The third kappa shape index (κ3) is 6.41. The predicted molar refractivity (Wildman–Crippen MR) is 138 cm³/mol. The van der Waals surface area contributed by atoms with E-state index in [9.17, 15) is 22.4 Å². The van der Waals surface area contributed by atoms with Gasteiger partial charge in [-0.15, -0.1) is 0 Å². The van der Waals surface area contributed by atoms with E-state index in [0.717, 1.165) is 4.31 Å². The van der Waals surface area contributed by atoms with Gasteiger partial charge >= 0.3 is 0 Å². The summed E-state index contributed by atoms with van der Waals surface area (Å²) in [6.07, 6.45) is 0.291. The minimum Gasteiger partial charge on any atom is -0.357 e. The Morgan fingerprint density at radius 1 is 0.972 bits per heavy atom. The lowest BCUT2D eigenvalue weighted by atomic mass is 10.1. The van der Waals surface area contributed by atoms with Crippen LogP contribution in [0.2, 0.25) is 5.02 Å². The van der Waals surface area contributed by atoms with Crippen molar-refractivity contribution < 1.29 is 22.4 Å². The highest BCUT2D eigenvalue weighted by Gasteiger charge is 2.33. The van der Waals surface area contributed by atoms with Crippen LogP contribution in [0.25, 0.3) is 0 Å². The number of likely N-dealkylation sites (N-methyl/N-ethyl adjacent to an activating group) is 1. The lowest BCUT2D eigenvalue weighted by Gasteiger charge is -2.33. The normalized spacial score (nSPS) is 12.0. The zero-order valence-corrected chi connectivity index (χ0v) is 21.5. The van der Waals surface area contributed by atoms with Gasteiger partial charge in [-0.3, -0.25) is 13.9 Å². The van der Waals surface area contributed by atoms with Gasteiger partial charge in [0.15, 0.2) is 0 Å². The number of anilines is 1. The van der Waals surface area contributed by atoms with Crippen molar-refractivity contribution in [1.29, 1.82) is 0 Å². The summed E-state index contributed by atoms with van der Waals surface area (Å²) in [4.78, 5) is 27.7. The van der Waals surface area contributed by atoms with Crippen LogP contribution in [0.4, 0.5) is 10.1 Å². The molecule has 3 aromatic carbocycles. The average Bonchev–Trinajstić information content (AvgIpc) is 2.89. The average molecular weight is 532 g/mol. The van der Waals surface area contributed by atoms with Crippen LogP contribution in [-0.2, 0) is 26.2 Å². The predicted octanol–water partition coefficient (Wildman–Crippen LogP) is 4.23. The number of nitrogens with one attached hydrogen (secondary N) is 1. The topological polar surface area (TPSA) is 86.8 Å². The zero-order valence-electron chi connectivity index (χ0n) is 19.9. The molecule has 0 unspecified atom stereocenters. The Balaban J connectivity index is 2.03. The van der Waals surface area contributed by atoms with E-state index >= 15 is 0 Å². The molecule has 0 aliphatic rings. The summed E-state index contributed by atoms with van der Waals surface area (Å²) in [7, 11) is -2.68. The molecule has 190 valence electrons. The van der Waals surface area contributed by atoms with Crippen LogP contribution < -0.4 is 9.62 Å².